The highest BCUT2D eigenvalue weighted by Gasteiger charge is 2.32. The Morgan fingerprint density at radius 1 is 1.21 bits per heavy atom. The van der Waals surface area contributed by atoms with E-state index in [1.807, 2.05) is 0 Å². The third-order valence-electron chi connectivity index (χ3n) is 4.07. The molecular weight excluding hydrogens is 399 g/mol. The highest BCUT2D eigenvalue weighted by molar-refractivity contribution is 7.80. The molecule has 0 saturated carbocycles. The molecule has 0 bridgehead atoms. The van der Waals surface area contributed by atoms with Gasteiger partial charge in [-0.2, -0.15) is 13.2 Å². The third kappa shape index (κ3) is 7.09. The molecule has 0 amide bonds. The minimum Gasteiger partial charge on any atom is -0.379 e. The van der Waals surface area contributed by atoms with Gasteiger partial charge in [0.25, 0.3) is 5.69 Å². The number of alkyl halides is 3. The Bertz CT molecular complexity index is 684. The number of ether oxygens (including phenoxy) is 1. The summed E-state index contributed by atoms with van der Waals surface area (Å²) >= 11 is 5.15. The van der Waals surface area contributed by atoms with Crippen molar-refractivity contribution < 1.29 is 22.8 Å². The fourth-order valence-electron chi connectivity index (χ4n) is 2.60. The molecule has 0 aliphatic carbocycles. The smallest absolute Gasteiger partial charge is 0.379 e. The van der Waals surface area contributed by atoms with E-state index in [0.29, 0.717) is 24.3 Å². The summed E-state index contributed by atoms with van der Waals surface area (Å²) in [4.78, 5) is 12.4. The Hall–Kier alpha value is -2.18. The Kier molecular flexibility index (Phi) is 8.20. The lowest BCUT2D eigenvalue weighted by Gasteiger charge is -2.26. The summed E-state index contributed by atoms with van der Waals surface area (Å²) in [5.41, 5.74) is -1.67. The molecule has 156 valence electrons. The third-order valence-corrected chi connectivity index (χ3v) is 4.35. The van der Waals surface area contributed by atoms with E-state index in [1.165, 1.54) is 0 Å². The number of nitro groups is 1. The van der Waals surface area contributed by atoms with Crippen LogP contribution in [0.1, 0.15) is 5.56 Å². The van der Waals surface area contributed by atoms with Crippen LogP contribution in [-0.2, 0) is 10.9 Å². The van der Waals surface area contributed by atoms with E-state index >= 15 is 0 Å². The van der Waals surface area contributed by atoms with E-state index in [-0.39, 0.29) is 12.2 Å². The molecule has 1 saturated heterocycles. The van der Waals surface area contributed by atoms with Gasteiger partial charge in [-0.25, -0.2) is 0 Å². The van der Waals surface area contributed by atoms with Crippen molar-refractivity contribution in [1.29, 1.82) is 0 Å². The van der Waals surface area contributed by atoms with Crippen molar-refractivity contribution in [2.75, 3.05) is 57.8 Å². The van der Waals surface area contributed by atoms with Gasteiger partial charge in [0.05, 0.1) is 23.7 Å². The maximum atomic E-state index is 12.7. The zero-order valence-electron chi connectivity index (χ0n) is 15.1. The largest absolute Gasteiger partial charge is 0.416 e. The first-order chi connectivity index (χ1) is 13.3. The first-order valence-corrected chi connectivity index (χ1v) is 9.09. The van der Waals surface area contributed by atoms with E-state index in [4.69, 9.17) is 17.0 Å². The first kappa shape index (κ1) is 22.1. The SMILES string of the molecule is O=[N+]([O-])c1cc(C(F)(F)F)ccc1NCCNC(=S)NCCN1CCOCC1. The Balaban J connectivity index is 1.72. The van der Waals surface area contributed by atoms with Gasteiger partial charge in [-0.05, 0) is 24.4 Å². The van der Waals surface area contributed by atoms with Gasteiger partial charge in [-0.15, -0.1) is 0 Å². The zero-order chi connectivity index (χ0) is 20.6. The quantitative estimate of drug-likeness (QED) is 0.253. The van der Waals surface area contributed by atoms with E-state index in [2.05, 4.69) is 20.9 Å². The lowest BCUT2D eigenvalue weighted by atomic mass is 10.1. The molecule has 1 fully saturated rings. The molecule has 28 heavy (non-hydrogen) atoms. The number of hydrogen-bond donors (Lipinski definition) is 3. The number of thiocarbonyl (C=S) groups is 1. The molecule has 1 heterocycles. The number of rotatable bonds is 8. The van der Waals surface area contributed by atoms with Crippen LogP contribution in [0.15, 0.2) is 18.2 Å². The summed E-state index contributed by atoms with van der Waals surface area (Å²) in [6, 6.07) is 2.38. The van der Waals surface area contributed by atoms with Gasteiger partial charge in [0.1, 0.15) is 5.69 Å². The summed E-state index contributed by atoms with van der Waals surface area (Å²) in [7, 11) is 0. The van der Waals surface area contributed by atoms with Crippen LogP contribution < -0.4 is 16.0 Å². The molecule has 1 aliphatic rings. The monoisotopic (exact) mass is 421 g/mol. The summed E-state index contributed by atoms with van der Waals surface area (Å²) in [6.07, 6.45) is -4.63. The molecule has 12 heteroatoms. The highest BCUT2D eigenvalue weighted by Crippen LogP contribution is 2.34. The van der Waals surface area contributed by atoms with Crippen molar-refractivity contribution >= 4 is 28.7 Å². The summed E-state index contributed by atoms with van der Waals surface area (Å²) < 4.78 is 43.4. The standard InChI is InChI=1S/C16H22F3N5O3S/c17-16(18,19)12-1-2-13(14(11-12)24(25)26)20-3-4-21-15(28)22-5-6-23-7-9-27-10-8-23/h1-2,11,20H,3-10H2,(H2,21,22,28). The number of hydrogen-bond acceptors (Lipinski definition) is 6. The summed E-state index contributed by atoms with van der Waals surface area (Å²) in [5.74, 6) is 0. The van der Waals surface area contributed by atoms with Crippen molar-refractivity contribution in [3.05, 3.63) is 33.9 Å². The average molecular weight is 421 g/mol. The molecule has 0 aromatic heterocycles. The van der Waals surface area contributed by atoms with Gasteiger partial charge in [0.2, 0.25) is 0 Å². The summed E-state index contributed by atoms with van der Waals surface area (Å²) in [6.45, 7) is 5.33. The Labute approximate surface area is 165 Å². The normalized spacial score (nSPS) is 15.1. The molecule has 0 spiro atoms. The predicted octanol–water partition coefficient (Wildman–Crippen LogP) is 1.82. The second-order valence-corrected chi connectivity index (χ2v) is 6.46. The number of benzene rings is 1. The Morgan fingerprint density at radius 2 is 1.89 bits per heavy atom. The lowest BCUT2D eigenvalue weighted by molar-refractivity contribution is -0.384. The minimum absolute atomic E-state index is 0.0194. The van der Waals surface area contributed by atoms with Crippen LogP contribution in [0.4, 0.5) is 24.5 Å². The predicted molar refractivity (Wildman–Crippen MR) is 102 cm³/mol. The van der Waals surface area contributed by atoms with Crippen LogP contribution in [0, 0.1) is 10.1 Å². The van der Waals surface area contributed by atoms with Crippen LogP contribution in [0.2, 0.25) is 0 Å². The first-order valence-electron chi connectivity index (χ1n) is 8.68. The molecule has 0 atom stereocenters. The van der Waals surface area contributed by atoms with Gasteiger partial charge in [-0.3, -0.25) is 15.0 Å². The van der Waals surface area contributed by atoms with Crippen LogP contribution >= 0.6 is 12.2 Å². The maximum Gasteiger partial charge on any atom is 0.416 e. The number of nitrogens with zero attached hydrogens (tertiary/aromatic N) is 2. The zero-order valence-corrected chi connectivity index (χ0v) is 15.9. The van der Waals surface area contributed by atoms with Crippen LogP contribution in [-0.4, -0.2) is 67.4 Å². The molecule has 1 aliphatic heterocycles. The highest BCUT2D eigenvalue weighted by atomic mass is 32.1. The second-order valence-electron chi connectivity index (χ2n) is 6.05. The van der Waals surface area contributed by atoms with E-state index in [0.717, 1.165) is 45.0 Å². The van der Waals surface area contributed by atoms with E-state index < -0.39 is 22.4 Å². The maximum absolute atomic E-state index is 12.7. The molecule has 0 radical (unpaired) electrons. The van der Waals surface area contributed by atoms with Gasteiger partial charge in [0.15, 0.2) is 5.11 Å². The number of nitrogens with one attached hydrogen (secondary N) is 3. The Morgan fingerprint density at radius 3 is 2.54 bits per heavy atom. The molecule has 1 aromatic rings. The van der Waals surface area contributed by atoms with Crippen molar-refractivity contribution in [3.8, 4) is 0 Å². The fourth-order valence-corrected chi connectivity index (χ4v) is 2.80. The number of morpholine rings is 1. The van der Waals surface area contributed by atoms with E-state index in [9.17, 15) is 23.3 Å². The topological polar surface area (TPSA) is 91.7 Å². The van der Waals surface area contributed by atoms with Crippen LogP contribution in [0.5, 0.6) is 0 Å². The van der Waals surface area contributed by atoms with Crippen molar-refractivity contribution in [2.45, 2.75) is 6.18 Å². The van der Waals surface area contributed by atoms with Gasteiger partial charge >= 0.3 is 6.18 Å². The number of nitro benzene ring substituents is 1. The molecule has 8 nitrogen and oxygen atoms in total. The summed E-state index contributed by atoms with van der Waals surface area (Å²) in [5, 5.41) is 20.2. The molecule has 0 unspecified atom stereocenters. The average Bonchev–Trinajstić information content (AvgIpc) is 2.65. The molecule has 1 aromatic carbocycles. The van der Waals surface area contributed by atoms with Crippen molar-refractivity contribution in [1.82, 2.24) is 15.5 Å². The van der Waals surface area contributed by atoms with E-state index in [1.54, 1.807) is 0 Å². The molecular formula is C16H22F3N5O3S. The lowest BCUT2D eigenvalue weighted by Crippen LogP contribution is -2.44. The second kappa shape index (κ2) is 10.4. The number of anilines is 1. The number of halogens is 3. The molecule has 3 N–H and O–H groups in total. The van der Waals surface area contributed by atoms with Crippen LogP contribution in [0.25, 0.3) is 0 Å². The van der Waals surface area contributed by atoms with Crippen LogP contribution in [0.3, 0.4) is 0 Å². The fraction of sp³-hybridized carbons (Fsp3) is 0.562. The minimum atomic E-state index is -4.63. The van der Waals surface area contributed by atoms with Gasteiger partial charge in [0, 0.05) is 45.3 Å². The van der Waals surface area contributed by atoms with Gasteiger partial charge in [-0.1, -0.05) is 0 Å². The van der Waals surface area contributed by atoms with Crippen molar-refractivity contribution in [3.63, 3.8) is 0 Å². The molecule has 2 rings (SSSR count). The van der Waals surface area contributed by atoms with Crippen molar-refractivity contribution in [2.24, 2.45) is 0 Å². The van der Waals surface area contributed by atoms with Gasteiger partial charge < -0.3 is 20.7 Å².